The number of anilines is 1. The lowest BCUT2D eigenvalue weighted by molar-refractivity contribution is 0.347. The lowest BCUT2D eigenvalue weighted by atomic mass is 9.64. The van der Waals surface area contributed by atoms with Gasteiger partial charge in [-0.1, -0.05) is 12.5 Å². The van der Waals surface area contributed by atoms with Crippen LogP contribution in [0.2, 0.25) is 0 Å². The van der Waals surface area contributed by atoms with Crippen LogP contribution in [0.5, 0.6) is 0 Å². The predicted molar refractivity (Wildman–Crippen MR) is 96.1 cm³/mol. The van der Waals surface area contributed by atoms with Gasteiger partial charge in [-0.2, -0.15) is 5.10 Å². The van der Waals surface area contributed by atoms with E-state index in [0.29, 0.717) is 0 Å². The standard InChI is InChI=1S/C19H19N5/c1-12-8-14-16(22-18(20-2)19(14)5-3-6-19)9-17(12)24-11-13-10-21-7-4-15(13)23-24/h4,7-11H,3,5-6H2,1-2H3,(H,20,22). The first-order valence-electron chi connectivity index (χ1n) is 8.40. The molecule has 5 nitrogen and oxygen atoms in total. The lowest BCUT2D eigenvalue weighted by Crippen LogP contribution is -2.41. The Morgan fingerprint density at radius 1 is 1.29 bits per heavy atom. The van der Waals surface area contributed by atoms with Crippen molar-refractivity contribution in [1.82, 2.24) is 14.8 Å². The molecule has 1 aliphatic carbocycles. The van der Waals surface area contributed by atoms with Crippen molar-refractivity contribution in [3.63, 3.8) is 0 Å². The topological polar surface area (TPSA) is 55.1 Å². The number of pyridine rings is 1. The van der Waals surface area contributed by atoms with Gasteiger partial charge in [0.1, 0.15) is 5.84 Å². The largest absolute Gasteiger partial charge is 0.343 e. The molecule has 0 amide bonds. The summed E-state index contributed by atoms with van der Waals surface area (Å²) in [7, 11) is 1.88. The minimum absolute atomic E-state index is 0.131. The summed E-state index contributed by atoms with van der Waals surface area (Å²) in [5.74, 6) is 1.12. The van der Waals surface area contributed by atoms with E-state index in [9.17, 15) is 0 Å². The maximum atomic E-state index is 4.70. The smallest absolute Gasteiger partial charge is 0.111 e. The highest BCUT2D eigenvalue weighted by Crippen LogP contribution is 2.52. The van der Waals surface area contributed by atoms with Crippen molar-refractivity contribution in [2.45, 2.75) is 31.6 Å². The van der Waals surface area contributed by atoms with E-state index in [0.717, 1.165) is 22.4 Å². The first-order chi connectivity index (χ1) is 11.7. The third-order valence-electron chi connectivity index (χ3n) is 5.54. The average molecular weight is 317 g/mol. The summed E-state index contributed by atoms with van der Waals surface area (Å²) < 4.78 is 1.96. The first-order valence-corrected chi connectivity index (χ1v) is 8.40. The first kappa shape index (κ1) is 13.7. The molecular weight excluding hydrogens is 298 g/mol. The van der Waals surface area contributed by atoms with Crippen molar-refractivity contribution in [1.29, 1.82) is 0 Å². The highest BCUT2D eigenvalue weighted by molar-refractivity contribution is 6.10. The molecule has 1 saturated carbocycles. The van der Waals surface area contributed by atoms with Gasteiger partial charge in [-0.15, -0.1) is 0 Å². The van der Waals surface area contributed by atoms with E-state index < -0.39 is 0 Å². The lowest BCUT2D eigenvalue weighted by Gasteiger charge is -2.38. The molecule has 0 atom stereocenters. The number of aryl methyl sites for hydroxylation is 1. The van der Waals surface area contributed by atoms with Crippen LogP contribution in [0.15, 0.2) is 41.8 Å². The summed E-state index contributed by atoms with van der Waals surface area (Å²) in [6.45, 7) is 2.16. The van der Waals surface area contributed by atoms with Gasteiger partial charge in [-0.3, -0.25) is 9.98 Å². The van der Waals surface area contributed by atoms with Crippen molar-refractivity contribution in [3.8, 4) is 5.69 Å². The molecular formula is C19H19N5. The van der Waals surface area contributed by atoms with Crippen LogP contribution in [0, 0.1) is 6.92 Å². The molecule has 5 heteroatoms. The fourth-order valence-corrected chi connectivity index (χ4v) is 4.11. The minimum atomic E-state index is 0.131. The van der Waals surface area contributed by atoms with Gasteiger partial charge < -0.3 is 5.32 Å². The van der Waals surface area contributed by atoms with E-state index in [2.05, 4.69) is 34.3 Å². The van der Waals surface area contributed by atoms with Crippen LogP contribution in [0.4, 0.5) is 5.69 Å². The minimum Gasteiger partial charge on any atom is -0.343 e. The number of aromatic nitrogens is 3. The Kier molecular flexibility index (Phi) is 2.66. The van der Waals surface area contributed by atoms with Gasteiger partial charge in [0.05, 0.1) is 16.6 Å². The quantitative estimate of drug-likeness (QED) is 0.746. The van der Waals surface area contributed by atoms with Crippen LogP contribution < -0.4 is 5.32 Å². The summed E-state index contributed by atoms with van der Waals surface area (Å²) in [4.78, 5) is 8.70. The van der Waals surface area contributed by atoms with Gasteiger partial charge in [0.15, 0.2) is 0 Å². The van der Waals surface area contributed by atoms with Crippen molar-refractivity contribution in [2.75, 3.05) is 12.4 Å². The van der Waals surface area contributed by atoms with Crippen LogP contribution in [0.1, 0.15) is 30.4 Å². The normalized spacial score (nSPS) is 19.5. The van der Waals surface area contributed by atoms with Crippen LogP contribution in [0.3, 0.4) is 0 Å². The summed E-state index contributed by atoms with van der Waals surface area (Å²) in [5, 5.41) is 9.29. The molecule has 0 unspecified atom stereocenters. The molecule has 1 aromatic carbocycles. The van der Waals surface area contributed by atoms with Gasteiger partial charge in [0.25, 0.3) is 0 Å². The Bertz CT molecular complexity index is 961. The third kappa shape index (κ3) is 1.67. The summed E-state index contributed by atoms with van der Waals surface area (Å²) in [6, 6.07) is 6.47. The maximum Gasteiger partial charge on any atom is 0.111 e. The Morgan fingerprint density at radius 2 is 2.17 bits per heavy atom. The summed E-state index contributed by atoms with van der Waals surface area (Å²) >= 11 is 0. The summed E-state index contributed by atoms with van der Waals surface area (Å²) in [6.07, 6.45) is 9.33. The molecule has 120 valence electrons. The van der Waals surface area contributed by atoms with Gasteiger partial charge in [0.2, 0.25) is 0 Å². The molecule has 0 saturated heterocycles. The van der Waals surface area contributed by atoms with Gasteiger partial charge in [-0.25, -0.2) is 4.68 Å². The SMILES string of the molecule is CN=C1Nc2cc(-n3cc4cnccc4n3)c(C)cc2C12CCC2. The van der Waals surface area contributed by atoms with E-state index in [1.165, 1.54) is 36.1 Å². The average Bonchev–Trinajstić information content (AvgIpc) is 3.11. The Hall–Kier alpha value is -2.69. The highest BCUT2D eigenvalue weighted by atomic mass is 15.3. The van der Waals surface area contributed by atoms with Crippen molar-refractivity contribution < 1.29 is 0 Å². The molecule has 5 rings (SSSR count). The van der Waals surface area contributed by atoms with E-state index in [-0.39, 0.29) is 5.41 Å². The molecule has 0 bridgehead atoms. The fourth-order valence-electron chi connectivity index (χ4n) is 4.11. The molecule has 3 aromatic rings. The van der Waals surface area contributed by atoms with Crippen LogP contribution in [-0.2, 0) is 5.41 Å². The number of fused-ring (bicyclic) bond motifs is 3. The molecule has 1 spiro atoms. The molecule has 1 fully saturated rings. The van der Waals surface area contributed by atoms with Crippen molar-refractivity contribution in [2.24, 2.45) is 4.99 Å². The highest BCUT2D eigenvalue weighted by Gasteiger charge is 2.49. The molecule has 1 N–H and O–H groups in total. The maximum absolute atomic E-state index is 4.70. The van der Waals surface area contributed by atoms with Gasteiger partial charge in [-0.05, 0) is 43.0 Å². The number of hydrogen-bond donors (Lipinski definition) is 1. The number of benzene rings is 1. The number of nitrogens with zero attached hydrogens (tertiary/aromatic N) is 4. The van der Waals surface area contributed by atoms with E-state index in [1.807, 2.05) is 30.2 Å². The zero-order valence-corrected chi connectivity index (χ0v) is 13.9. The second-order valence-electron chi connectivity index (χ2n) is 6.83. The van der Waals surface area contributed by atoms with Crippen molar-refractivity contribution >= 4 is 22.4 Å². The van der Waals surface area contributed by atoms with Gasteiger partial charge >= 0.3 is 0 Å². The molecule has 2 aliphatic rings. The van der Waals surface area contributed by atoms with Crippen LogP contribution in [0.25, 0.3) is 16.6 Å². The molecule has 3 heterocycles. The van der Waals surface area contributed by atoms with E-state index >= 15 is 0 Å². The monoisotopic (exact) mass is 317 g/mol. The molecule has 0 radical (unpaired) electrons. The number of nitrogens with one attached hydrogen (secondary N) is 1. The fraction of sp³-hybridized carbons (Fsp3) is 0.316. The number of hydrogen-bond acceptors (Lipinski definition) is 3. The number of aliphatic imine (C=N–C) groups is 1. The second-order valence-corrected chi connectivity index (χ2v) is 6.83. The molecule has 2 aromatic heterocycles. The Labute approximate surface area is 140 Å². The van der Waals surface area contributed by atoms with E-state index in [4.69, 9.17) is 5.10 Å². The molecule has 1 aliphatic heterocycles. The Morgan fingerprint density at radius 3 is 2.88 bits per heavy atom. The van der Waals surface area contributed by atoms with E-state index in [1.54, 1.807) is 6.20 Å². The zero-order valence-electron chi connectivity index (χ0n) is 13.9. The zero-order chi connectivity index (χ0) is 16.3. The molecule has 24 heavy (non-hydrogen) atoms. The third-order valence-corrected chi connectivity index (χ3v) is 5.54. The Balaban J connectivity index is 1.68. The second kappa shape index (κ2) is 4.66. The summed E-state index contributed by atoms with van der Waals surface area (Å²) in [5.41, 5.74) is 6.00. The van der Waals surface area contributed by atoms with Crippen LogP contribution in [-0.4, -0.2) is 27.6 Å². The van der Waals surface area contributed by atoms with Crippen LogP contribution >= 0.6 is 0 Å². The predicted octanol–water partition coefficient (Wildman–Crippen LogP) is 3.60. The number of rotatable bonds is 1. The van der Waals surface area contributed by atoms with Gasteiger partial charge in [0, 0.05) is 36.7 Å². The van der Waals surface area contributed by atoms with Crippen molar-refractivity contribution in [3.05, 3.63) is 47.9 Å². The number of amidine groups is 1.